The third-order valence-corrected chi connectivity index (χ3v) is 2.73. The van der Waals surface area contributed by atoms with Crippen LogP contribution in [0.4, 0.5) is 0 Å². The van der Waals surface area contributed by atoms with Crippen molar-refractivity contribution < 1.29 is 0 Å². The fourth-order valence-electron chi connectivity index (χ4n) is 2.02. The van der Waals surface area contributed by atoms with Crippen LogP contribution >= 0.6 is 0 Å². The van der Waals surface area contributed by atoms with Gasteiger partial charge in [0.05, 0.1) is 0 Å². The summed E-state index contributed by atoms with van der Waals surface area (Å²) in [5, 5.41) is 0. The third-order valence-electron chi connectivity index (χ3n) is 2.73. The predicted molar refractivity (Wildman–Crippen MR) is 69.2 cm³/mol. The first-order valence-electron chi connectivity index (χ1n) is 5.78. The molecule has 0 amide bonds. The van der Waals surface area contributed by atoms with Crippen molar-refractivity contribution in [2.24, 2.45) is 0 Å². The molecule has 1 rings (SSSR count). The average Bonchev–Trinajstić information content (AvgIpc) is 1.97. The van der Waals surface area contributed by atoms with Gasteiger partial charge < -0.3 is 4.98 Å². The summed E-state index contributed by atoms with van der Waals surface area (Å²) in [6.45, 7) is 14.6. The van der Waals surface area contributed by atoms with E-state index in [2.05, 4.69) is 52.6 Å². The molecule has 1 N–H and O–H groups in total. The number of hydrogen-bond acceptors (Lipinski definition) is 1. The van der Waals surface area contributed by atoms with E-state index in [0.717, 1.165) is 16.8 Å². The van der Waals surface area contributed by atoms with E-state index in [-0.39, 0.29) is 16.4 Å². The molecule has 0 aliphatic carbocycles. The summed E-state index contributed by atoms with van der Waals surface area (Å²) in [4.78, 5) is 15.0. The van der Waals surface area contributed by atoms with Crippen LogP contribution in [-0.2, 0) is 10.8 Å². The Bertz CT molecular complexity index is 441. The van der Waals surface area contributed by atoms with Crippen LogP contribution in [0.15, 0.2) is 10.9 Å². The lowest BCUT2D eigenvalue weighted by Crippen LogP contribution is -2.31. The zero-order valence-corrected chi connectivity index (χ0v) is 11.5. The molecule has 0 aliphatic rings. The van der Waals surface area contributed by atoms with Crippen molar-refractivity contribution in [3.8, 4) is 0 Å². The van der Waals surface area contributed by atoms with Gasteiger partial charge in [0.15, 0.2) is 0 Å². The second-order valence-electron chi connectivity index (χ2n) is 6.57. The SMILES string of the molecule is Cc1cc(C(C)(C)C)c(C(C)(C)C)c(=O)[nH]1. The smallest absolute Gasteiger partial charge is 0.252 e. The lowest BCUT2D eigenvalue weighted by Gasteiger charge is -2.29. The van der Waals surface area contributed by atoms with Crippen LogP contribution < -0.4 is 5.56 Å². The standard InChI is InChI=1S/C14H23NO/c1-9-8-10(13(2,3)4)11(12(16)15-9)14(5,6)7/h8H,1-7H3,(H,15,16). The fourth-order valence-corrected chi connectivity index (χ4v) is 2.02. The van der Waals surface area contributed by atoms with Crippen LogP contribution in [0.3, 0.4) is 0 Å². The minimum absolute atomic E-state index is 0.00162. The molecule has 1 aromatic heterocycles. The van der Waals surface area contributed by atoms with E-state index < -0.39 is 0 Å². The van der Waals surface area contributed by atoms with Crippen molar-refractivity contribution >= 4 is 0 Å². The molecule has 0 aromatic carbocycles. The molecule has 0 saturated carbocycles. The summed E-state index contributed by atoms with van der Waals surface area (Å²) in [5.41, 5.74) is 2.93. The number of aromatic amines is 1. The molecule has 2 heteroatoms. The van der Waals surface area contributed by atoms with Gasteiger partial charge in [0.1, 0.15) is 0 Å². The number of nitrogens with one attached hydrogen (secondary N) is 1. The van der Waals surface area contributed by atoms with Gasteiger partial charge in [-0.2, -0.15) is 0 Å². The van der Waals surface area contributed by atoms with Gasteiger partial charge >= 0.3 is 0 Å². The first-order valence-corrected chi connectivity index (χ1v) is 5.78. The van der Waals surface area contributed by atoms with Crippen molar-refractivity contribution in [3.05, 3.63) is 33.2 Å². The van der Waals surface area contributed by atoms with E-state index in [1.807, 2.05) is 6.92 Å². The second-order valence-corrected chi connectivity index (χ2v) is 6.57. The molecule has 0 saturated heterocycles. The van der Waals surface area contributed by atoms with Gasteiger partial charge in [-0.3, -0.25) is 4.79 Å². The molecule has 90 valence electrons. The van der Waals surface area contributed by atoms with Crippen LogP contribution in [-0.4, -0.2) is 4.98 Å². The number of H-pyrrole nitrogens is 1. The van der Waals surface area contributed by atoms with Gasteiger partial charge in [0.2, 0.25) is 0 Å². The maximum Gasteiger partial charge on any atom is 0.252 e. The summed E-state index contributed by atoms with van der Waals surface area (Å²) in [7, 11) is 0. The van der Waals surface area contributed by atoms with Gasteiger partial charge in [-0.15, -0.1) is 0 Å². The quantitative estimate of drug-likeness (QED) is 0.716. The normalized spacial score (nSPS) is 12.9. The summed E-state index contributed by atoms with van der Waals surface area (Å²) >= 11 is 0. The molecule has 0 spiro atoms. The minimum Gasteiger partial charge on any atom is -0.326 e. The van der Waals surface area contributed by atoms with Crippen LogP contribution in [0.5, 0.6) is 0 Å². The largest absolute Gasteiger partial charge is 0.326 e. The lowest BCUT2D eigenvalue weighted by molar-refractivity contribution is 0.522. The van der Waals surface area contributed by atoms with Crippen molar-refractivity contribution in [1.82, 2.24) is 4.98 Å². The second kappa shape index (κ2) is 3.76. The van der Waals surface area contributed by atoms with E-state index in [0.29, 0.717) is 0 Å². The van der Waals surface area contributed by atoms with Gasteiger partial charge in [-0.25, -0.2) is 0 Å². The summed E-state index contributed by atoms with van der Waals surface area (Å²) in [5.74, 6) is 0. The Balaban J connectivity index is 3.65. The van der Waals surface area contributed by atoms with E-state index in [1.54, 1.807) is 0 Å². The summed E-state index contributed by atoms with van der Waals surface area (Å²) in [6, 6.07) is 2.10. The molecule has 0 aliphatic heterocycles. The molecule has 2 nitrogen and oxygen atoms in total. The molecule has 0 fully saturated rings. The van der Waals surface area contributed by atoms with Crippen LogP contribution in [0.2, 0.25) is 0 Å². The Labute approximate surface area is 98.1 Å². The zero-order valence-electron chi connectivity index (χ0n) is 11.5. The molecular formula is C14H23NO. The predicted octanol–water partition coefficient (Wildman–Crippen LogP) is 3.28. The van der Waals surface area contributed by atoms with Crippen LogP contribution in [0, 0.1) is 6.92 Å². The molecule has 1 aromatic rings. The summed E-state index contributed by atoms with van der Waals surface area (Å²) in [6.07, 6.45) is 0. The first kappa shape index (κ1) is 13.0. The maximum atomic E-state index is 12.1. The molecule has 0 unspecified atom stereocenters. The lowest BCUT2D eigenvalue weighted by atomic mass is 9.76. The van der Waals surface area contributed by atoms with E-state index >= 15 is 0 Å². The van der Waals surface area contributed by atoms with Crippen molar-refractivity contribution in [2.75, 3.05) is 0 Å². The Hall–Kier alpha value is -1.05. The molecule has 1 heterocycles. The van der Waals surface area contributed by atoms with Gasteiger partial charge in [-0.05, 0) is 29.4 Å². The minimum atomic E-state index is -0.121. The Kier molecular flexibility index (Phi) is 3.06. The Morgan fingerprint density at radius 1 is 1.00 bits per heavy atom. The van der Waals surface area contributed by atoms with Crippen LogP contribution in [0.25, 0.3) is 0 Å². The van der Waals surface area contributed by atoms with Crippen LogP contribution in [0.1, 0.15) is 58.4 Å². The highest BCUT2D eigenvalue weighted by Crippen LogP contribution is 2.31. The van der Waals surface area contributed by atoms with Gasteiger partial charge in [-0.1, -0.05) is 41.5 Å². The number of pyridine rings is 1. The van der Waals surface area contributed by atoms with Crippen molar-refractivity contribution in [2.45, 2.75) is 59.3 Å². The fraction of sp³-hybridized carbons (Fsp3) is 0.643. The molecule has 0 atom stereocenters. The Morgan fingerprint density at radius 3 is 1.88 bits per heavy atom. The molecular weight excluding hydrogens is 198 g/mol. The maximum absolute atomic E-state index is 12.1. The Morgan fingerprint density at radius 2 is 1.50 bits per heavy atom. The monoisotopic (exact) mass is 221 g/mol. The first-order chi connectivity index (χ1) is 7.03. The topological polar surface area (TPSA) is 32.9 Å². The van der Waals surface area contributed by atoms with Crippen molar-refractivity contribution in [3.63, 3.8) is 0 Å². The highest BCUT2D eigenvalue weighted by Gasteiger charge is 2.27. The highest BCUT2D eigenvalue weighted by atomic mass is 16.1. The molecule has 16 heavy (non-hydrogen) atoms. The summed E-state index contributed by atoms with van der Waals surface area (Å²) < 4.78 is 0. The van der Waals surface area contributed by atoms with Gasteiger partial charge in [0.25, 0.3) is 5.56 Å². The molecule has 0 radical (unpaired) electrons. The number of hydrogen-bond donors (Lipinski definition) is 1. The number of rotatable bonds is 0. The van der Waals surface area contributed by atoms with Gasteiger partial charge in [0, 0.05) is 11.3 Å². The van der Waals surface area contributed by atoms with E-state index in [4.69, 9.17) is 0 Å². The van der Waals surface area contributed by atoms with E-state index in [9.17, 15) is 4.79 Å². The number of aromatic nitrogens is 1. The van der Waals surface area contributed by atoms with E-state index in [1.165, 1.54) is 0 Å². The number of aryl methyl sites for hydroxylation is 1. The zero-order chi connectivity index (χ0) is 12.7. The molecule has 0 bridgehead atoms. The van der Waals surface area contributed by atoms with Crippen molar-refractivity contribution in [1.29, 1.82) is 0 Å². The highest BCUT2D eigenvalue weighted by molar-refractivity contribution is 5.36. The third kappa shape index (κ3) is 2.55. The average molecular weight is 221 g/mol.